The number of sulfonamides is 1. The molecule has 1 aliphatic rings. The Morgan fingerprint density at radius 1 is 1.33 bits per heavy atom. The summed E-state index contributed by atoms with van der Waals surface area (Å²) in [5.74, 6) is 6.27. The van der Waals surface area contributed by atoms with Crippen molar-refractivity contribution >= 4 is 10.0 Å². The highest BCUT2D eigenvalue weighted by molar-refractivity contribution is 7.89. The number of hydrogen-bond acceptors (Lipinski definition) is 4. The molecule has 2 heterocycles. The first-order valence-corrected chi connectivity index (χ1v) is 8.51. The Morgan fingerprint density at radius 2 is 2.00 bits per heavy atom. The second kappa shape index (κ2) is 6.56. The molecule has 5 nitrogen and oxygen atoms in total. The van der Waals surface area contributed by atoms with E-state index in [0.717, 1.165) is 6.42 Å². The summed E-state index contributed by atoms with van der Waals surface area (Å²) in [5.41, 5.74) is 5.90. The van der Waals surface area contributed by atoms with E-state index in [0.29, 0.717) is 30.5 Å². The maximum Gasteiger partial charge on any atom is 0.244 e. The third kappa shape index (κ3) is 3.82. The van der Waals surface area contributed by atoms with Crippen molar-refractivity contribution in [1.82, 2.24) is 9.29 Å². The molecule has 1 aliphatic heterocycles. The van der Waals surface area contributed by atoms with E-state index in [1.807, 2.05) is 0 Å². The lowest BCUT2D eigenvalue weighted by Crippen LogP contribution is -2.42. The molecule has 0 bridgehead atoms. The van der Waals surface area contributed by atoms with Crippen molar-refractivity contribution < 1.29 is 8.42 Å². The number of nitrogens with zero attached hydrogens (tertiary/aromatic N) is 2. The first-order chi connectivity index (χ1) is 9.93. The molecule has 0 spiro atoms. The van der Waals surface area contributed by atoms with Gasteiger partial charge in [-0.1, -0.05) is 25.7 Å². The van der Waals surface area contributed by atoms with E-state index < -0.39 is 10.0 Å². The third-order valence-electron chi connectivity index (χ3n) is 3.52. The van der Waals surface area contributed by atoms with Crippen LogP contribution in [0.25, 0.3) is 0 Å². The van der Waals surface area contributed by atoms with Gasteiger partial charge < -0.3 is 5.73 Å². The van der Waals surface area contributed by atoms with Crippen LogP contribution in [-0.4, -0.2) is 37.3 Å². The van der Waals surface area contributed by atoms with Crippen molar-refractivity contribution in [3.8, 4) is 11.8 Å². The molecule has 0 amide bonds. The molecule has 1 fully saturated rings. The van der Waals surface area contributed by atoms with Crippen molar-refractivity contribution in [1.29, 1.82) is 0 Å². The Balaban J connectivity index is 2.31. The van der Waals surface area contributed by atoms with Gasteiger partial charge in [-0.05, 0) is 24.3 Å². The summed E-state index contributed by atoms with van der Waals surface area (Å²) in [6.45, 7) is 5.52. The van der Waals surface area contributed by atoms with Gasteiger partial charge in [0.05, 0.1) is 6.54 Å². The molecule has 6 heteroatoms. The molecule has 0 aliphatic carbocycles. The average Bonchev–Trinajstić information content (AvgIpc) is 2.44. The van der Waals surface area contributed by atoms with Crippen LogP contribution in [0.3, 0.4) is 0 Å². The van der Waals surface area contributed by atoms with Gasteiger partial charge in [0.15, 0.2) is 0 Å². The zero-order valence-electron chi connectivity index (χ0n) is 12.4. The maximum absolute atomic E-state index is 12.7. The zero-order valence-corrected chi connectivity index (χ0v) is 13.2. The largest absolute Gasteiger partial charge is 0.320 e. The molecular weight excluding hydrogens is 286 g/mol. The van der Waals surface area contributed by atoms with Crippen LogP contribution >= 0.6 is 0 Å². The molecule has 0 saturated carbocycles. The SMILES string of the molecule is CC1CC(C)CN(S(=O)(=O)c2cncc(C#CCN)c2)C1. The highest BCUT2D eigenvalue weighted by atomic mass is 32.2. The number of nitrogens with two attached hydrogens (primary N) is 1. The Bertz CT molecular complexity index is 651. The highest BCUT2D eigenvalue weighted by Gasteiger charge is 2.31. The minimum absolute atomic E-state index is 0.202. The molecule has 1 aromatic rings. The van der Waals surface area contributed by atoms with E-state index in [1.165, 1.54) is 6.20 Å². The van der Waals surface area contributed by atoms with Crippen LogP contribution in [0.1, 0.15) is 25.8 Å². The smallest absolute Gasteiger partial charge is 0.244 e. The number of rotatable bonds is 2. The fourth-order valence-electron chi connectivity index (χ4n) is 2.73. The number of pyridine rings is 1. The molecule has 114 valence electrons. The summed E-state index contributed by atoms with van der Waals surface area (Å²) < 4.78 is 27.0. The predicted molar refractivity (Wildman–Crippen MR) is 81.9 cm³/mol. The van der Waals surface area contributed by atoms with Crippen molar-refractivity contribution in [2.75, 3.05) is 19.6 Å². The lowest BCUT2D eigenvalue weighted by molar-refractivity contribution is 0.222. The van der Waals surface area contributed by atoms with Crippen LogP contribution in [0.2, 0.25) is 0 Å². The van der Waals surface area contributed by atoms with Crippen LogP contribution < -0.4 is 5.73 Å². The van der Waals surface area contributed by atoms with Crippen molar-refractivity contribution in [3.05, 3.63) is 24.0 Å². The summed E-state index contributed by atoms with van der Waals surface area (Å²) in [6.07, 6.45) is 3.99. The topological polar surface area (TPSA) is 76.3 Å². The van der Waals surface area contributed by atoms with Gasteiger partial charge in [0.1, 0.15) is 4.90 Å². The van der Waals surface area contributed by atoms with Crippen molar-refractivity contribution in [2.45, 2.75) is 25.2 Å². The van der Waals surface area contributed by atoms with E-state index in [9.17, 15) is 8.42 Å². The van der Waals surface area contributed by atoms with Crippen LogP contribution in [0.15, 0.2) is 23.4 Å². The first kappa shape index (κ1) is 16.0. The van der Waals surface area contributed by atoms with Gasteiger partial charge in [0.2, 0.25) is 10.0 Å². The second-order valence-electron chi connectivity index (χ2n) is 5.68. The summed E-state index contributed by atoms with van der Waals surface area (Å²) in [4.78, 5) is 4.19. The molecule has 0 aromatic carbocycles. The number of piperidine rings is 1. The molecule has 1 saturated heterocycles. The Kier molecular flexibility index (Phi) is 4.99. The van der Waals surface area contributed by atoms with Crippen LogP contribution in [0.4, 0.5) is 0 Å². The van der Waals surface area contributed by atoms with Crippen LogP contribution in [0, 0.1) is 23.7 Å². The Morgan fingerprint density at radius 3 is 2.62 bits per heavy atom. The van der Waals surface area contributed by atoms with Gasteiger partial charge >= 0.3 is 0 Å². The van der Waals surface area contributed by atoms with Gasteiger partial charge in [-0.2, -0.15) is 4.31 Å². The van der Waals surface area contributed by atoms with Gasteiger partial charge in [0.25, 0.3) is 0 Å². The second-order valence-corrected chi connectivity index (χ2v) is 7.62. The summed E-state index contributed by atoms with van der Waals surface area (Å²) >= 11 is 0. The minimum Gasteiger partial charge on any atom is -0.320 e. The molecule has 0 radical (unpaired) electrons. The molecule has 21 heavy (non-hydrogen) atoms. The van der Waals surface area contributed by atoms with Gasteiger partial charge in [-0.25, -0.2) is 8.42 Å². The average molecular weight is 307 g/mol. The standard InChI is InChI=1S/C15H21N3O2S/c1-12-6-13(2)11-18(10-12)21(19,20)15-7-14(4-3-5-16)8-17-9-15/h7-9,12-13H,5-6,10-11,16H2,1-2H3. The molecule has 2 unspecified atom stereocenters. The lowest BCUT2D eigenvalue weighted by atomic mass is 9.94. The van der Waals surface area contributed by atoms with Crippen LogP contribution in [-0.2, 0) is 10.0 Å². The molecule has 2 atom stereocenters. The minimum atomic E-state index is -3.50. The van der Waals surface area contributed by atoms with Gasteiger partial charge in [0, 0.05) is 31.0 Å². The summed E-state index contributed by atoms with van der Waals surface area (Å²) in [5, 5.41) is 0. The van der Waals surface area contributed by atoms with E-state index in [1.54, 1.807) is 16.6 Å². The molecular formula is C15H21N3O2S. The van der Waals surface area contributed by atoms with Gasteiger partial charge in [-0.3, -0.25) is 4.98 Å². The normalized spacial score (nSPS) is 23.4. The number of aromatic nitrogens is 1. The van der Waals surface area contributed by atoms with Crippen molar-refractivity contribution in [3.63, 3.8) is 0 Å². The van der Waals surface area contributed by atoms with Crippen molar-refractivity contribution in [2.24, 2.45) is 17.6 Å². The van der Waals surface area contributed by atoms with E-state index in [-0.39, 0.29) is 11.4 Å². The summed E-state index contributed by atoms with van der Waals surface area (Å²) in [7, 11) is -3.50. The monoisotopic (exact) mass is 307 g/mol. The van der Waals surface area contributed by atoms with E-state index in [2.05, 4.69) is 30.7 Å². The fraction of sp³-hybridized carbons (Fsp3) is 0.533. The van der Waals surface area contributed by atoms with E-state index >= 15 is 0 Å². The quantitative estimate of drug-likeness (QED) is 0.829. The highest BCUT2D eigenvalue weighted by Crippen LogP contribution is 2.26. The molecule has 2 N–H and O–H groups in total. The predicted octanol–water partition coefficient (Wildman–Crippen LogP) is 1.06. The lowest BCUT2D eigenvalue weighted by Gasteiger charge is -2.33. The molecule has 2 rings (SSSR count). The summed E-state index contributed by atoms with van der Waals surface area (Å²) in [6, 6.07) is 1.56. The zero-order chi connectivity index (χ0) is 15.5. The third-order valence-corrected chi connectivity index (χ3v) is 5.32. The van der Waals surface area contributed by atoms with E-state index in [4.69, 9.17) is 5.73 Å². The van der Waals surface area contributed by atoms with Gasteiger partial charge in [-0.15, -0.1) is 0 Å². The fourth-order valence-corrected chi connectivity index (χ4v) is 4.40. The maximum atomic E-state index is 12.7. The Hall–Kier alpha value is -1.42. The molecule has 1 aromatic heterocycles. The van der Waals surface area contributed by atoms with Crippen LogP contribution in [0.5, 0.6) is 0 Å². The first-order valence-electron chi connectivity index (χ1n) is 7.07. The number of hydrogen-bond donors (Lipinski definition) is 1. The Labute approximate surface area is 126 Å².